The van der Waals surface area contributed by atoms with Crippen molar-refractivity contribution in [3.8, 4) is 0 Å². The average Bonchev–Trinajstić information content (AvgIpc) is 2.75. The Morgan fingerprint density at radius 1 is 1.47 bits per heavy atom. The minimum absolute atomic E-state index is 0.334. The smallest absolute Gasteiger partial charge is 0.433 e. The Hall–Kier alpha value is -1.99. The fourth-order valence-electron chi connectivity index (χ4n) is 1.96. The molecule has 2 N–H and O–H groups in total. The number of ether oxygens (including phenoxy) is 1. The standard InChI is InChI=1S/C11H12F3N3O2/c12-11(13,14)9-2-1-7(5-16-9)17-4-3-8(6-17)19-10(15)18/h1-2,5,8H,3-4,6H2,(H2,15,18)/t8-/m1/s1. The molecule has 8 heteroatoms. The topological polar surface area (TPSA) is 68.5 Å². The van der Waals surface area contributed by atoms with E-state index in [-0.39, 0.29) is 6.10 Å². The molecule has 0 spiro atoms. The van der Waals surface area contributed by atoms with Crippen LogP contribution in [0.5, 0.6) is 0 Å². The Kier molecular flexibility index (Phi) is 3.50. The first kappa shape index (κ1) is 13.4. The molecule has 5 nitrogen and oxygen atoms in total. The molecule has 0 saturated carbocycles. The predicted molar refractivity (Wildman–Crippen MR) is 60.5 cm³/mol. The van der Waals surface area contributed by atoms with Crippen molar-refractivity contribution in [1.82, 2.24) is 4.98 Å². The van der Waals surface area contributed by atoms with Crippen molar-refractivity contribution in [3.63, 3.8) is 0 Å². The van der Waals surface area contributed by atoms with Crippen LogP contribution in [0.4, 0.5) is 23.7 Å². The zero-order chi connectivity index (χ0) is 14.0. The van der Waals surface area contributed by atoms with E-state index in [1.807, 2.05) is 0 Å². The largest absolute Gasteiger partial charge is 0.444 e. The molecule has 0 aliphatic carbocycles. The molecule has 104 valence electrons. The highest BCUT2D eigenvalue weighted by Gasteiger charge is 2.32. The first-order chi connectivity index (χ1) is 8.86. The molecule has 19 heavy (non-hydrogen) atoms. The lowest BCUT2D eigenvalue weighted by Crippen LogP contribution is -2.27. The molecule has 0 radical (unpaired) electrons. The fourth-order valence-corrected chi connectivity index (χ4v) is 1.96. The summed E-state index contributed by atoms with van der Waals surface area (Å²) in [6.07, 6.45) is -3.88. The maximum atomic E-state index is 12.4. The van der Waals surface area contributed by atoms with Crippen LogP contribution in [0.2, 0.25) is 0 Å². The molecule has 1 amide bonds. The van der Waals surface area contributed by atoms with Gasteiger partial charge in [0.25, 0.3) is 0 Å². The van der Waals surface area contributed by atoms with Gasteiger partial charge in [-0.25, -0.2) is 9.78 Å². The lowest BCUT2D eigenvalue weighted by Gasteiger charge is -2.18. The normalized spacial score (nSPS) is 19.5. The molecule has 0 aromatic carbocycles. The number of pyridine rings is 1. The summed E-state index contributed by atoms with van der Waals surface area (Å²) in [5.74, 6) is 0. The second-order valence-corrected chi connectivity index (χ2v) is 4.19. The van der Waals surface area contributed by atoms with E-state index >= 15 is 0 Å². The van der Waals surface area contributed by atoms with Gasteiger partial charge in [-0.05, 0) is 12.1 Å². The number of hydrogen-bond donors (Lipinski definition) is 1. The second kappa shape index (κ2) is 4.94. The maximum Gasteiger partial charge on any atom is 0.433 e. The number of rotatable bonds is 2. The fraction of sp³-hybridized carbons (Fsp3) is 0.455. The summed E-state index contributed by atoms with van der Waals surface area (Å²) < 4.78 is 41.9. The van der Waals surface area contributed by atoms with Gasteiger partial charge in [0.2, 0.25) is 0 Å². The number of halogens is 3. The molecule has 2 rings (SSSR count). The first-order valence-electron chi connectivity index (χ1n) is 5.60. The maximum absolute atomic E-state index is 12.4. The van der Waals surface area contributed by atoms with E-state index in [9.17, 15) is 18.0 Å². The van der Waals surface area contributed by atoms with Crippen molar-refractivity contribution in [1.29, 1.82) is 0 Å². The number of primary amides is 1. The van der Waals surface area contributed by atoms with Gasteiger partial charge >= 0.3 is 12.3 Å². The highest BCUT2D eigenvalue weighted by Crippen LogP contribution is 2.29. The van der Waals surface area contributed by atoms with Gasteiger partial charge in [0.15, 0.2) is 0 Å². The monoisotopic (exact) mass is 275 g/mol. The molecule has 0 bridgehead atoms. The van der Waals surface area contributed by atoms with Gasteiger partial charge in [0, 0.05) is 13.0 Å². The number of alkyl halides is 3. The van der Waals surface area contributed by atoms with E-state index in [1.165, 1.54) is 6.07 Å². The summed E-state index contributed by atoms with van der Waals surface area (Å²) in [5.41, 5.74) is 4.54. The number of carbonyl (C=O) groups is 1. The molecule has 2 heterocycles. The Morgan fingerprint density at radius 2 is 2.21 bits per heavy atom. The van der Waals surface area contributed by atoms with E-state index < -0.39 is 18.0 Å². The summed E-state index contributed by atoms with van der Waals surface area (Å²) in [6, 6.07) is 2.28. The van der Waals surface area contributed by atoms with Crippen molar-refractivity contribution in [2.45, 2.75) is 18.7 Å². The summed E-state index contributed by atoms with van der Waals surface area (Å²) in [5, 5.41) is 0. The van der Waals surface area contributed by atoms with Crippen LogP contribution in [0, 0.1) is 0 Å². The van der Waals surface area contributed by atoms with E-state index in [0.29, 0.717) is 25.2 Å². The van der Waals surface area contributed by atoms with Gasteiger partial charge in [-0.1, -0.05) is 0 Å². The molecular formula is C11H12F3N3O2. The van der Waals surface area contributed by atoms with Crippen LogP contribution < -0.4 is 10.6 Å². The molecule has 0 unspecified atom stereocenters. The van der Waals surface area contributed by atoms with E-state index in [0.717, 1.165) is 12.3 Å². The van der Waals surface area contributed by atoms with Crippen molar-refractivity contribution in [2.24, 2.45) is 5.73 Å². The zero-order valence-corrected chi connectivity index (χ0v) is 9.85. The lowest BCUT2D eigenvalue weighted by molar-refractivity contribution is -0.141. The minimum atomic E-state index is -4.44. The first-order valence-corrected chi connectivity index (χ1v) is 5.60. The summed E-state index contributed by atoms with van der Waals surface area (Å²) >= 11 is 0. The lowest BCUT2D eigenvalue weighted by atomic mass is 10.3. The summed E-state index contributed by atoms with van der Waals surface area (Å²) in [4.78, 5) is 15.8. The average molecular weight is 275 g/mol. The number of carbonyl (C=O) groups excluding carboxylic acids is 1. The number of aromatic nitrogens is 1. The SMILES string of the molecule is NC(=O)O[C@@H]1CCN(c2ccc(C(F)(F)F)nc2)C1. The molecule has 1 atom stereocenters. The van der Waals surface area contributed by atoms with Crippen molar-refractivity contribution >= 4 is 11.8 Å². The Bertz CT molecular complexity index is 461. The molecule has 1 aliphatic heterocycles. The van der Waals surface area contributed by atoms with E-state index in [2.05, 4.69) is 4.98 Å². The number of nitrogens with two attached hydrogens (primary N) is 1. The van der Waals surface area contributed by atoms with Crippen LogP contribution in [0.15, 0.2) is 18.3 Å². The van der Waals surface area contributed by atoms with Gasteiger partial charge in [-0.2, -0.15) is 13.2 Å². The van der Waals surface area contributed by atoms with Crippen LogP contribution in [0.1, 0.15) is 12.1 Å². The van der Waals surface area contributed by atoms with Gasteiger partial charge < -0.3 is 15.4 Å². The second-order valence-electron chi connectivity index (χ2n) is 4.19. The quantitative estimate of drug-likeness (QED) is 0.893. The van der Waals surface area contributed by atoms with Crippen LogP contribution in [0.25, 0.3) is 0 Å². The third-order valence-corrected chi connectivity index (χ3v) is 2.83. The van der Waals surface area contributed by atoms with Crippen molar-refractivity contribution in [3.05, 3.63) is 24.0 Å². The van der Waals surface area contributed by atoms with Gasteiger partial charge in [-0.15, -0.1) is 0 Å². The predicted octanol–water partition coefficient (Wildman–Crippen LogP) is 1.77. The number of nitrogens with zero attached hydrogens (tertiary/aromatic N) is 2. The van der Waals surface area contributed by atoms with Crippen LogP contribution in [0.3, 0.4) is 0 Å². The molecule has 1 aliphatic rings. The van der Waals surface area contributed by atoms with Gasteiger partial charge in [-0.3, -0.25) is 0 Å². The van der Waals surface area contributed by atoms with Crippen LogP contribution >= 0.6 is 0 Å². The highest BCUT2D eigenvalue weighted by molar-refractivity contribution is 5.65. The van der Waals surface area contributed by atoms with Gasteiger partial charge in [0.1, 0.15) is 11.8 Å². The summed E-state index contributed by atoms with van der Waals surface area (Å²) in [6.45, 7) is 0.973. The van der Waals surface area contributed by atoms with Crippen LogP contribution in [-0.2, 0) is 10.9 Å². The van der Waals surface area contributed by atoms with E-state index in [4.69, 9.17) is 10.5 Å². The van der Waals surface area contributed by atoms with E-state index in [1.54, 1.807) is 4.90 Å². The number of amides is 1. The molecule has 1 saturated heterocycles. The molecule has 1 aromatic heterocycles. The highest BCUT2D eigenvalue weighted by atomic mass is 19.4. The minimum Gasteiger partial charge on any atom is -0.444 e. The third-order valence-electron chi connectivity index (χ3n) is 2.83. The van der Waals surface area contributed by atoms with Crippen molar-refractivity contribution in [2.75, 3.05) is 18.0 Å². The molecule has 1 fully saturated rings. The zero-order valence-electron chi connectivity index (χ0n) is 9.85. The molecular weight excluding hydrogens is 263 g/mol. The molecule has 1 aromatic rings. The number of hydrogen-bond acceptors (Lipinski definition) is 4. The summed E-state index contributed by atoms with van der Waals surface area (Å²) in [7, 11) is 0. The Morgan fingerprint density at radius 3 is 2.74 bits per heavy atom. The third kappa shape index (κ3) is 3.27. The van der Waals surface area contributed by atoms with Gasteiger partial charge in [0.05, 0.1) is 18.4 Å². The Balaban J connectivity index is 2.02. The number of anilines is 1. The Labute approximate surface area is 107 Å². The van der Waals surface area contributed by atoms with Crippen molar-refractivity contribution < 1.29 is 22.7 Å². The van der Waals surface area contributed by atoms with Crippen LogP contribution in [-0.4, -0.2) is 30.3 Å².